The largest absolute Gasteiger partial charge is 0.366 e. The van der Waals surface area contributed by atoms with Crippen molar-refractivity contribution in [3.8, 4) is 0 Å². The van der Waals surface area contributed by atoms with Crippen LogP contribution in [0.15, 0.2) is 6.33 Å². The van der Waals surface area contributed by atoms with Gasteiger partial charge in [0.2, 0.25) is 5.91 Å². The van der Waals surface area contributed by atoms with Gasteiger partial charge in [0, 0.05) is 13.0 Å². The number of hydrogen-bond acceptors (Lipinski definition) is 5. The predicted molar refractivity (Wildman–Crippen MR) is 85.6 cm³/mol. The molecule has 1 fully saturated rings. The molecule has 0 atom stereocenters. The van der Waals surface area contributed by atoms with Crippen molar-refractivity contribution in [2.24, 2.45) is 0 Å². The lowest BCUT2D eigenvalue weighted by Crippen LogP contribution is -2.42. The van der Waals surface area contributed by atoms with Crippen LogP contribution in [0, 0.1) is 0 Å². The second-order valence-corrected chi connectivity index (χ2v) is 5.89. The fourth-order valence-corrected chi connectivity index (χ4v) is 3.22. The summed E-state index contributed by atoms with van der Waals surface area (Å²) in [5.41, 5.74) is 0.856. The number of amides is 1. The number of rotatable bonds is 5. The molecule has 0 spiro atoms. The second-order valence-electron chi connectivity index (χ2n) is 5.51. The van der Waals surface area contributed by atoms with Crippen molar-refractivity contribution >= 4 is 23.3 Å². The Hall–Kier alpha value is -1.40. The highest BCUT2D eigenvalue weighted by Gasteiger charge is 2.28. The first-order valence-electron chi connectivity index (χ1n) is 7.66. The van der Waals surface area contributed by atoms with Gasteiger partial charge in [-0.2, -0.15) is 0 Å². The number of aryl methyl sites for hydroxylation is 1. The zero-order chi connectivity index (χ0) is 16.1. The smallest absolute Gasteiger partial charge is 0.243 e. The molecule has 7 heteroatoms. The van der Waals surface area contributed by atoms with E-state index >= 15 is 0 Å². The standard InChI is InChI=1S/C15H23ClN4O2/c1-4-13-14(16)15(18-9-17-13)19-11-5-7-12(8-6-11)20(22-3)10(2)21/h9,11-12H,4-8H2,1-3H3,(H,17,18,19). The van der Waals surface area contributed by atoms with Crippen molar-refractivity contribution in [3.05, 3.63) is 17.0 Å². The number of aromatic nitrogens is 2. The molecule has 1 heterocycles. The molecule has 1 aliphatic carbocycles. The van der Waals surface area contributed by atoms with E-state index in [1.807, 2.05) is 6.92 Å². The van der Waals surface area contributed by atoms with Crippen LogP contribution < -0.4 is 5.32 Å². The summed E-state index contributed by atoms with van der Waals surface area (Å²) in [5.74, 6) is 0.650. The van der Waals surface area contributed by atoms with Gasteiger partial charge in [-0.05, 0) is 32.1 Å². The van der Waals surface area contributed by atoms with Gasteiger partial charge in [-0.15, -0.1) is 0 Å². The molecule has 0 bridgehead atoms. The van der Waals surface area contributed by atoms with Crippen molar-refractivity contribution in [1.29, 1.82) is 0 Å². The lowest BCUT2D eigenvalue weighted by molar-refractivity contribution is -0.189. The predicted octanol–water partition coefficient (Wildman–Crippen LogP) is 2.83. The van der Waals surface area contributed by atoms with Gasteiger partial charge in [-0.25, -0.2) is 15.0 Å². The van der Waals surface area contributed by atoms with E-state index in [-0.39, 0.29) is 11.9 Å². The number of carbonyl (C=O) groups excluding carboxylic acids is 1. The first-order valence-corrected chi connectivity index (χ1v) is 8.04. The number of hydrogen-bond donors (Lipinski definition) is 1. The summed E-state index contributed by atoms with van der Waals surface area (Å²) in [5, 5.41) is 5.48. The average Bonchev–Trinajstić information content (AvgIpc) is 2.51. The molecule has 0 aromatic carbocycles. The molecular weight excluding hydrogens is 304 g/mol. The molecule has 0 aliphatic heterocycles. The number of anilines is 1. The van der Waals surface area contributed by atoms with Gasteiger partial charge in [0.25, 0.3) is 0 Å². The van der Waals surface area contributed by atoms with E-state index in [2.05, 4.69) is 15.3 Å². The lowest BCUT2D eigenvalue weighted by atomic mass is 9.91. The molecule has 122 valence electrons. The van der Waals surface area contributed by atoms with Crippen LogP contribution >= 0.6 is 11.6 Å². The third kappa shape index (κ3) is 3.87. The summed E-state index contributed by atoms with van der Waals surface area (Å²) < 4.78 is 0. The summed E-state index contributed by atoms with van der Waals surface area (Å²) >= 11 is 6.31. The van der Waals surface area contributed by atoms with Crippen LogP contribution in [0.3, 0.4) is 0 Å². The normalized spacial score (nSPS) is 21.5. The highest BCUT2D eigenvalue weighted by atomic mass is 35.5. The Morgan fingerprint density at radius 2 is 2.09 bits per heavy atom. The van der Waals surface area contributed by atoms with Gasteiger partial charge in [-0.1, -0.05) is 18.5 Å². The minimum absolute atomic E-state index is 0.0506. The van der Waals surface area contributed by atoms with Gasteiger partial charge in [0.15, 0.2) is 0 Å². The maximum absolute atomic E-state index is 11.5. The third-order valence-electron chi connectivity index (χ3n) is 4.07. The Balaban J connectivity index is 1.94. The Morgan fingerprint density at radius 3 is 2.64 bits per heavy atom. The fourth-order valence-electron chi connectivity index (χ4n) is 2.94. The van der Waals surface area contributed by atoms with Crippen LogP contribution in [-0.4, -0.2) is 40.1 Å². The van der Waals surface area contributed by atoms with E-state index in [0.29, 0.717) is 16.9 Å². The molecule has 0 saturated heterocycles. The quantitative estimate of drug-likeness (QED) is 0.843. The van der Waals surface area contributed by atoms with Crippen LogP contribution in [0.4, 0.5) is 5.82 Å². The molecule has 22 heavy (non-hydrogen) atoms. The van der Waals surface area contributed by atoms with Crippen LogP contribution in [0.2, 0.25) is 5.02 Å². The van der Waals surface area contributed by atoms with Crippen LogP contribution in [-0.2, 0) is 16.1 Å². The molecule has 2 rings (SSSR count). The van der Waals surface area contributed by atoms with E-state index in [9.17, 15) is 4.79 Å². The van der Waals surface area contributed by atoms with Gasteiger partial charge in [-0.3, -0.25) is 9.63 Å². The molecule has 6 nitrogen and oxygen atoms in total. The number of nitrogens with zero attached hydrogens (tertiary/aromatic N) is 3. The Labute approximate surface area is 136 Å². The highest BCUT2D eigenvalue weighted by Crippen LogP contribution is 2.28. The number of hydroxylamine groups is 2. The highest BCUT2D eigenvalue weighted by molar-refractivity contribution is 6.33. The molecule has 1 aliphatic rings. The van der Waals surface area contributed by atoms with Crippen LogP contribution in [0.25, 0.3) is 0 Å². The number of nitrogens with one attached hydrogen (secondary N) is 1. The van der Waals surface area contributed by atoms with Gasteiger partial charge < -0.3 is 5.32 Å². The minimum Gasteiger partial charge on any atom is -0.366 e. The first kappa shape index (κ1) is 17.0. The van der Waals surface area contributed by atoms with Crippen LogP contribution in [0.5, 0.6) is 0 Å². The second kappa shape index (κ2) is 7.74. The fraction of sp³-hybridized carbons (Fsp3) is 0.667. The topological polar surface area (TPSA) is 67.3 Å². The molecular formula is C15H23ClN4O2. The van der Waals surface area contributed by atoms with E-state index in [0.717, 1.165) is 37.8 Å². The molecule has 1 aromatic rings. The number of halogens is 1. The summed E-state index contributed by atoms with van der Waals surface area (Å²) in [4.78, 5) is 25.1. The van der Waals surface area contributed by atoms with Crippen molar-refractivity contribution in [3.63, 3.8) is 0 Å². The molecule has 1 saturated carbocycles. The van der Waals surface area contributed by atoms with Crippen molar-refractivity contribution < 1.29 is 9.63 Å². The van der Waals surface area contributed by atoms with E-state index in [1.165, 1.54) is 12.0 Å². The zero-order valence-corrected chi connectivity index (χ0v) is 14.1. The average molecular weight is 327 g/mol. The van der Waals surface area contributed by atoms with Crippen molar-refractivity contribution in [2.75, 3.05) is 12.4 Å². The monoisotopic (exact) mass is 326 g/mol. The Morgan fingerprint density at radius 1 is 1.41 bits per heavy atom. The summed E-state index contributed by atoms with van der Waals surface area (Å²) in [6.45, 7) is 3.55. The Bertz CT molecular complexity index is 518. The minimum atomic E-state index is -0.0506. The van der Waals surface area contributed by atoms with Crippen LogP contribution in [0.1, 0.15) is 45.2 Å². The molecule has 0 unspecified atom stereocenters. The first-order chi connectivity index (χ1) is 10.6. The number of carbonyl (C=O) groups is 1. The summed E-state index contributed by atoms with van der Waals surface area (Å²) in [6.07, 6.45) is 6.01. The molecule has 1 N–H and O–H groups in total. The molecule has 1 aromatic heterocycles. The SMILES string of the molecule is CCc1ncnc(NC2CCC(N(OC)C(C)=O)CC2)c1Cl. The van der Waals surface area contributed by atoms with E-state index in [4.69, 9.17) is 16.4 Å². The van der Waals surface area contributed by atoms with Gasteiger partial charge >= 0.3 is 0 Å². The zero-order valence-electron chi connectivity index (χ0n) is 13.3. The molecule has 0 radical (unpaired) electrons. The lowest BCUT2D eigenvalue weighted by Gasteiger charge is -2.35. The van der Waals surface area contributed by atoms with E-state index in [1.54, 1.807) is 13.4 Å². The van der Waals surface area contributed by atoms with Crippen molar-refractivity contribution in [1.82, 2.24) is 15.0 Å². The van der Waals surface area contributed by atoms with E-state index < -0.39 is 0 Å². The third-order valence-corrected chi connectivity index (χ3v) is 4.47. The molecule has 1 amide bonds. The maximum atomic E-state index is 11.5. The maximum Gasteiger partial charge on any atom is 0.243 e. The van der Waals surface area contributed by atoms with Gasteiger partial charge in [0.1, 0.15) is 17.2 Å². The van der Waals surface area contributed by atoms with Gasteiger partial charge in [0.05, 0.1) is 18.8 Å². The van der Waals surface area contributed by atoms with Crippen molar-refractivity contribution in [2.45, 2.75) is 58.0 Å². The summed E-state index contributed by atoms with van der Waals surface area (Å²) in [6, 6.07) is 0.451. The summed E-state index contributed by atoms with van der Waals surface area (Å²) in [7, 11) is 1.54. The Kier molecular flexibility index (Phi) is 5.97.